The van der Waals surface area contributed by atoms with Gasteiger partial charge in [0.05, 0.1) is 24.0 Å². The molecule has 0 radical (unpaired) electrons. The van der Waals surface area contributed by atoms with Crippen LogP contribution in [0.5, 0.6) is 0 Å². The van der Waals surface area contributed by atoms with Gasteiger partial charge in [-0.2, -0.15) is 5.26 Å². The van der Waals surface area contributed by atoms with Crippen LogP contribution >= 0.6 is 11.8 Å². The van der Waals surface area contributed by atoms with Crippen LogP contribution in [0.15, 0.2) is 40.1 Å². The Morgan fingerprint density at radius 3 is 2.64 bits per heavy atom. The minimum atomic E-state index is -0.699. The van der Waals surface area contributed by atoms with Crippen molar-refractivity contribution in [3.63, 3.8) is 0 Å². The van der Waals surface area contributed by atoms with E-state index in [-0.39, 0.29) is 12.4 Å². The summed E-state index contributed by atoms with van der Waals surface area (Å²) in [6.45, 7) is 3.68. The lowest BCUT2D eigenvalue weighted by Gasteiger charge is -2.30. The number of aliphatic imine (C=N–C) groups is 1. The number of primary amides is 1. The van der Waals surface area contributed by atoms with Gasteiger partial charge in [0.2, 0.25) is 5.91 Å². The summed E-state index contributed by atoms with van der Waals surface area (Å²) in [5, 5.41) is 10.1. The summed E-state index contributed by atoms with van der Waals surface area (Å²) in [4.78, 5) is 32.0. The van der Waals surface area contributed by atoms with Gasteiger partial charge >= 0.3 is 5.97 Å². The Morgan fingerprint density at radius 2 is 2.08 bits per heavy atom. The lowest BCUT2D eigenvalue weighted by atomic mass is 9.77. The maximum Gasteiger partial charge on any atom is 0.315 e. The van der Waals surface area contributed by atoms with E-state index in [2.05, 4.69) is 16.0 Å². The fourth-order valence-corrected chi connectivity index (χ4v) is 3.48. The average Bonchev–Trinajstić information content (AvgIpc) is 2.60. The Hall–Kier alpha value is -2.66. The van der Waals surface area contributed by atoms with Gasteiger partial charge in [0.25, 0.3) is 0 Å². The third-order valence-corrected chi connectivity index (χ3v) is 4.69. The molecule has 1 aromatic rings. The first-order valence-electron chi connectivity index (χ1n) is 7.66. The summed E-state index contributed by atoms with van der Waals surface area (Å²) in [6, 6.07) is 5.65. The van der Waals surface area contributed by atoms with Crippen molar-refractivity contribution in [1.82, 2.24) is 4.98 Å². The Bertz CT molecular complexity index is 768. The summed E-state index contributed by atoms with van der Waals surface area (Å²) >= 11 is 1.09. The number of carbonyl (C=O) groups excluding carboxylic acids is 2. The SMILES string of the molecule is CCOC(=O)C1C(C)=NC(SCC(N)=O)=C(C#N)C1c1ccncc1. The number of aromatic nitrogens is 1. The molecule has 2 unspecified atom stereocenters. The quantitative estimate of drug-likeness (QED) is 0.774. The Labute approximate surface area is 150 Å². The lowest BCUT2D eigenvalue weighted by Crippen LogP contribution is -2.34. The minimum Gasteiger partial charge on any atom is -0.465 e. The predicted molar refractivity (Wildman–Crippen MR) is 94.5 cm³/mol. The van der Waals surface area contributed by atoms with Crippen LogP contribution in [0.1, 0.15) is 25.3 Å². The van der Waals surface area contributed by atoms with E-state index >= 15 is 0 Å². The van der Waals surface area contributed by atoms with Crippen LogP contribution in [-0.4, -0.2) is 34.9 Å². The van der Waals surface area contributed by atoms with Crippen LogP contribution in [0.25, 0.3) is 0 Å². The molecule has 25 heavy (non-hydrogen) atoms. The van der Waals surface area contributed by atoms with E-state index in [4.69, 9.17) is 10.5 Å². The Morgan fingerprint density at radius 1 is 1.40 bits per heavy atom. The first-order chi connectivity index (χ1) is 12.0. The predicted octanol–water partition coefficient (Wildman–Crippen LogP) is 1.77. The summed E-state index contributed by atoms with van der Waals surface area (Å²) in [7, 11) is 0. The second-order valence-corrected chi connectivity index (χ2v) is 6.29. The summed E-state index contributed by atoms with van der Waals surface area (Å²) < 4.78 is 5.18. The Balaban J connectivity index is 2.54. The maximum atomic E-state index is 12.5. The molecule has 2 atom stereocenters. The third kappa shape index (κ3) is 4.25. The highest BCUT2D eigenvalue weighted by atomic mass is 32.2. The normalized spacial score (nSPS) is 19.8. The lowest BCUT2D eigenvalue weighted by molar-refractivity contribution is -0.146. The number of hydrogen-bond acceptors (Lipinski definition) is 7. The number of ether oxygens (including phenoxy) is 1. The van der Waals surface area contributed by atoms with Gasteiger partial charge in [0.1, 0.15) is 10.9 Å². The average molecular weight is 358 g/mol. The van der Waals surface area contributed by atoms with E-state index in [1.54, 1.807) is 38.4 Å². The molecule has 0 aromatic carbocycles. The molecule has 0 aliphatic carbocycles. The van der Waals surface area contributed by atoms with E-state index < -0.39 is 23.7 Å². The highest BCUT2D eigenvalue weighted by molar-refractivity contribution is 8.03. The van der Waals surface area contributed by atoms with Crippen LogP contribution in [-0.2, 0) is 14.3 Å². The fourth-order valence-electron chi connectivity index (χ4n) is 2.67. The van der Waals surface area contributed by atoms with Crippen molar-refractivity contribution in [2.24, 2.45) is 16.6 Å². The number of hydrogen-bond donors (Lipinski definition) is 1. The molecule has 0 fully saturated rings. The van der Waals surface area contributed by atoms with Gasteiger partial charge in [0.15, 0.2) is 0 Å². The van der Waals surface area contributed by atoms with E-state index in [0.717, 1.165) is 17.3 Å². The molecule has 1 aliphatic heterocycles. The van der Waals surface area contributed by atoms with Gasteiger partial charge < -0.3 is 10.5 Å². The zero-order valence-electron chi connectivity index (χ0n) is 13.9. The van der Waals surface area contributed by atoms with E-state index in [1.165, 1.54) is 0 Å². The number of rotatable bonds is 6. The molecule has 0 saturated heterocycles. The topological polar surface area (TPSA) is 118 Å². The number of allylic oxidation sites excluding steroid dienone is 1. The molecule has 1 amide bonds. The number of amides is 1. The molecule has 0 saturated carbocycles. The largest absolute Gasteiger partial charge is 0.465 e. The number of thioether (sulfide) groups is 1. The molecular formula is C17H18N4O3S. The summed E-state index contributed by atoms with van der Waals surface area (Å²) in [5.41, 5.74) is 6.81. The molecule has 130 valence electrons. The molecule has 2 heterocycles. The number of nitrogens with two attached hydrogens (primary N) is 1. The van der Waals surface area contributed by atoms with Gasteiger partial charge in [-0.25, -0.2) is 4.99 Å². The van der Waals surface area contributed by atoms with E-state index in [9.17, 15) is 14.9 Å². The van der Waals surface area contributed by atoms with E-state index in [0.29, 0.717) is 16.3 Å². The van der Waals surface area contributed by atoms with Gasteiger partial charge in [-0.15, -0.1) is 0 Å². The first kappa shape index (κ1) is 18.7. The van der Waals surface area contributed by atoms with Gasteiger partial charge in [0, 0.05) is 24.0 Å². The minimum absolute atomic E-state index is 0.00440. The molecule has 0 bridgehead atoms. The standard InChI is InChI=1S/C17H18N4O3S/c1-3-24-17(23)14-10(2)21-16(25-9-13(19)22)12(8-18)15(14)11-4-6-20-7-5-11/h4-7,14-15H,3,9H2,1-2H3,(H2,19,22). The zero-order valence-corrected chi connectivity index (χ0v) is 14.7. The fraction of sp³-hybridized carbons (Fsp3) is 0.353. The van der Waals surface area contributed by atoms with Crippen molar-refractivity contribution in [1.29, 1.82) is 5.26 Å². The zero-order chi connectivity index (χ0) is 18.4. The van der Waals surface area contributed by atoms with Crippen molar-refractivity contribution >= 4 is 29.4 Å². The molecule has 0 spiro atoms. The maximum absolute atomic E-state index is 12.5. The van der Waals surface area contributed by atoms with Crippen LogP contribution in [0, 0.1) is 17.2 Å². The van der Waals surface area contributed by atoms with Gasteiger partial charge in [-0.05, 0) is 31.5 Å². The number of carbonyl (C=O) groups is 2. The molecule has 8 heteroatoms. The number of esters is 1. The Kier molecular flexibility index (Phi) is 6.31. The van der Waals surface area contributed by atoms with Crippen LogP contribution in [0.2, 0.25) is 0 Å². The van der Waals surface area contributed by atoms with Crippen molar-refractivity contribution in [2.45, 2.75) is 19.8 Å². The number of pyridine rings is 1. The van der Waals surface area contributed by atoms with Gasteiger partial charge in [-0.1, -0.05) is 11.8 Å². The third-order valence-electron chi connectivity index (χ3n) is 3.68. The first-order valence-corrected chi connectivity index (χ1v) is 8.65. The van der Waals surface area contributed by atoms with Gasteiger partial charge in [-0.3, -0.25) is 14.6 Å². The molecule has 1 aromatic heterocycles. The molecule has 7 nitrogen and oxygen atoms in total. The van der Waals surface area contributed by atoms with E-state index in [1.807, 2.05) is 0 Å². The van der Waals surface area contributed by atoms with Crippen LogP contribution < -0.4 is 5.73 Å². The highest BCUT2D eigenvalue weighted by Gasteiger charge is 2.40. The van der Waals surface area contributed by atoms with Crippen molar-refractivity contribution in [3.05, 3.63) is 40.7 Å². The van der Waals surface area contributed by atoms with Crippen LogP contribution in [0.3, 0.4) is 0 Å². The van der Waals surface area contributed by atoms with Crippen LogP contribution in [0.4, 0.5) is 0 Å². The molecule has 1 aliphatic rings. The highest BCUT2D eigenvalue weighted by Crippen LogP contribution is 2.42. The number of nitrogens with zero attached hydrogens (tertiary/aromatic N) is 3. The number of nitriles is 1. The summed E-state index contributed by atoms with van der Waals surface area (Å²) in [6.07, 6.45) is 3.20. The molecule has 2 N–H and O–H groups in total. The van der Waals surface area contributed by atoms with Crippen molar-refractivity contribution in [2.75, 3.05) is 12.4 Å². The molecule has 2 rings (SSSR count). The molecular weight excluding hydrogens is 340 g/mol. The second-order valence-electron chi connectivity index (χ2n) is 5.33. The smallest absolute Gasteiger partial charge is 0.315 e. The van der Waals surface area contributed by atoms with Crippen molar-refractivity contribution < 1.29 is 14.3 Å². The van der Waals surface area contributed by atoms with Crippen molar-refractivity contribution in [3.8, 4) is 6.07 Å². The second kappa shape index (κ2) is 8.44. The summed E-state index contributed by atoms with van der Waals surface area (Å²) in [5.74, 6) is -2.17. The monoisotopic (exact) mass is 358 g/mol.